The predicted octanol–water partition coefficient (Wildman–Crippen LogP) is 2.76. The Bertz CT molecular complexity index is 405. The molecule has 1 amide bonds. The van der Waals surface area contributed by atoms with Crippen molar-refractivity contribution in [2.75, 3.05) is 12.4 Å². The van der Waals surface area contributed by atoms with E-state index in [1.54, 1.807) is 13.0 Å². The highest BCUT2D eigenvalue weighted by Gasteiger charge is 2.25. The van der Waals surface area contributed by atoms with E-state index in [4.69, 9.17) is 16.1 Å². The molecular weight excluding hydrogens is 252 g/mol. The highest BCUT2D eigenvalue weighted by atomic mass is 35.5. The van der Waals surface area contributed by atoms with Crippen LogP contribution in [-0.4, -0.2) is 23.5 Å². The van der Waals surface area contributed by atoms with E-state index >= 15 is 0 Å². The molecule has 0 saturated heterocycles. The van der Waals surface area contributed by atoms with Gasteiger partial charge in [0.15, 0.2) is 0 Å². The molecule has 0 bridgehead atoms. The molecule has 4 nitrogen and oxygen atoms in total. The van der Waals surface area contributed by atoms with Crippen LogP contribution in [0.2, 0.25) is 0 Å². The summed E-state index contributed by atoms with van der Waals surface area (Å²) in [7, 11) is 0. The van der Waals surface area contributed by atoms with Gasteiger partial charge in [0.2, 0.25) is 5.76 Å². The second-order valence-corrected chi connectivity index (χ2v) is 5.31. The van der Waals surface area contributed by atoms with E-state index in [0.717, 1.165) is 12.1 Å². The van der Waals surface area contributed by atoms with Gasteiger partial charge in [-0.25, -0.2) is 0 Å². The Labute approximate surface area is 112 Å². The Kier molecular flexibility index (Phi) is 4.64. The maximum absolute atomic E-state index is 11.8. The van der Waals surface area contributed by atoms with Gasteiger partial charge in [0.25, 0.3) is 5.91 Å². The van der Waals surface area contributed by atoms with Gasteiger partial charge in [-0.1, -0.05) is 18.0 Å². The van der Waals surface area contributed by atoms with Crippen LogP contribution in [0, 0.1) is 18.8 Å². The van der Waals surface area contributed by atoms with Gasteiger partial charge in [0, 0.05) is 18.5 Å². The Morgan fingerprint density at radius 1 is 1.50 bits per heavy atom. The largest absolute Gasteiger partial charge is 0.351 e. The zero-order valence-corrected chi connectivity index (χ0v) is 11.4. The Balaban J connectivity index is 1.85. The van der Waals surface area contributed by atoms with Crippen molar-refractivity contribution in [3.63, 3.8) is 0 Å². The molecule has 1 N–H and O–H groups in total. The van der Waals surface area contributed by atoms with Crippen molar-refractivity contribution in [2.24, 2.45) is 11.8 Å². The van der Waals surface area contributed by atoms with E-state index in [-0.39, 0.29) is 11.7 Å². The summed E-state index contributed by atoms with van der Waals surface area (Å²) in [5.41, 5.74) is 0.719. The number of nitrogens with one attached hydrogen (secondary N) is 1. The molecule has 2 unspecified atom stereocenters. The molecule has 100 valence electrons. The van der Waals surface area contributed by atoms with Crippen LogP contribution in [0.25, 0.3) is 0 Å². The van der Waals surface area contributed by atoms with Gasteiger partial charge in [-0.3, -0.25) is 4.79 Å². The first-order valence-corrected chi connectivity index (χ1v) is 7.01. The molecule has 2 rings (SSSR count). The zero-order valence-electron chi connectivity index (χ0n) is 10.6. The third kappa shape index (κ3) is 3.25. The molecule has 0 aromatic carbocycles. The molecule has 1 fully saturated rings. The summed E-state index contributed by atoms with van der Waals surface area (Å²) in [5, 5.41) is 6.62. The van der Waals surface area contributed by atoms with Gasteiger partial charge in [0.1, 0.15) is 0 Å². The second kappa shape index (κ2) is 6.23. The molecule has 1 aliphatic rings. The van der Waals surface area contributed by atoms with Crippen molar-refractivity contribution in [3.05, 3.63) is 17.5 Å². The summed E-state index contributed by atoms with van der Waals surface area (Å²) in [5.74, 6) is 1.80. The highest BCUT2D eigenvalue weighted by Crippen LogP contribution is 2.30. The van der Waals surface area contributed by atoms with Gasteiger partial charge in [0.05, 0.1) is 5.69 Å². The molecule has 1 heterocycles. The second-order valence-electron chi connectivity index (χ2n) is 5.00. The van der Waals surface area contributed by atoms with E-state index in [1.807, 2.05) is 0 Å². The summed E-state index contributed by atoms with van der Waals surface area (Å²) >= 11 is 5.97. The molecule has 1 aromatic heterocycles. The molecule has 1 saturated carbocycles. The number of carbonyl (C=O) groups excluding carboxylic acids is 1. The molecule has 1 aromatic rings. The number of halogens is 1. The van der Waals surface area contributed by atoms with Crippen LogP contribution in [0.3, 0.4) is 0 Å². The number of aryl methyl sites for hydroxylation is 1. The average molecular weight is 271 g/mol. The maximum Gasteiger partial charge on any atom is 0.289 e. The van der Waals surface area contributed by atoms with E-state index in [9.17, 15) is 4.79 Å². The van der Waals surface area contributed by atoms with Crippen LogP contribution >= 0.6 is 11.6 Å². The van der Waals surface area contributed by atoms with Crippen LogP contribution in [-0.2, 0) is 0 Å². The van der Waals surface area contributed by atoms with Crippen LogP contribution in [0.5, 0.6) is 0 Å². The highest BCUT2D eigenvalue weighted by molar-refractivity contribution is 6.18. The van der Waals surface area contributed by atoms with E-state index in [2.05, 4.69) is 10.5 Å². The normalized spacial score (nSPS) is 23.9. The quantitative estimate of drug-likeness (QED) is 0.856. The Morgan fingerprint density at radius 2 is 2.22 bits per heavy atom. The van der Waals surface area contributed by atoms with Crippen molar-refractivity contribution in [3.8, 4) is 0 Å². The van der Waals surface area contributed by atoms with Crippen molar-refractivity contribution in [1.82, 2.24) is 10.5 Å². The van der Waals surface area contributed by atoms with Crippen LogP contribution < -0.4 is 5.32 Å². The SMILES string of the molecule is Cc1cc(C(=O)NCC2CCCCC2CCl)on1. The van der Waals surface area contributed by atoms with Crippen LogP contribution in [0.4, 0.5) is 0 Å². The molecule has 18 heavy (non-hydrogen) atoms. The number of carbonyl (C=O) groups is 1. The Hall–Kier alpha value is -1.03. The first kappa shape index (κ1) is 13.4. The van der Waals surface area contributed by atoms with E-state index in [0.29, 0.717) is 24.3 Å². The minimum Gasteiger partial charge on any atom is -0.351 e. The molecule has 0 radical (unpaired) electrons. The number of rotatable bonds is 4. The van der Waals surface area contributed by atoms with Gasteiger partial charge >= 0.3 is 0 Å². The number of hydrogen-bond acceptors (Lipinski definition) is 3. The molecule has 5 heteroatoms. The summed E-state index contributed by atoms with van der Waals surface area (Å²) < 4.78 is 4.93. The first-order valence-electron chi connectivity index (χ1n) is 6.48. The van der Waals surface area contributed by atoms with Crippen LogP contribution in [0.1, 0.15) is 41.9 Å². The minimum atomic E-state index is -0.186. The van der Waals surface area contributed by atoms with Gasteiger partial charge in [-0.2, -0.15) is 0 Å². The molecule has 1 aliphatic carbocycles. The fourth-order valence-electron chi connectivity index (χ4n) is 2.54. The van der Waals surface area contributed by atoms with Crippen LogP contribution in [0.15, 0.2) is 10.6 Å². The third-order valence-electron chi connectivity index (χ3n) is 3.64. The summed E-state index contributed by atoms with van der Waals surface area (Å²) in [4.78, 5) is 11.8. The average Bonchev–Trinajstić information content (AvgIpc) is 2.83. The lowest BCUT2D eigenvalue weighted by molar-refractivity contribution is 0.0899. The fraction of sp³-hybridized carbons (Fsp3) is 0.692. The standard InChI is InChI=1S/C13H19ClN2O2/c1-9-6-12(18-16-9)13(17)15-8-11-5-3-2-4-10(11)7-14/h6,10-11H,2-5,7-8H2,1H3,(H,15,17). The summed E-state index contributed by atoms with van der Waals surface area (Å²) in [6.07, 6.45) is 4.80. The van der Waals surface area contributed by atoms with Crippen molar-refractivity contribution >= 4 is 17.5 Å². The fourth-order valence-corrected chi connectivity index (χ4v) is 2.94. The molecule has 0 aliphatic heterocycles. The minimum absolute atomic E-state index is 0.186. The number of nitrogens with zero attached hydrogens (tertiary/aromatic N) is 1. The first-order chi connectivity index (χ1) is 8.70. The topological polar surface area (TPSA) is 55.1 Å². The number of hydrogen-bond donors (Lipinski definition) is 1. The van der Waals surface area contributed by atoms with Crippen molar-refractivity contribution in [2.45, 2.75) is 32.6 Å². The van der Waals surface area contributed by atoms with Gasteiger partial charge in [-0.15, -0.1) is 11.6 Å². The van der Waals surface area contributed by atoms with Crippen molar-refractivity contribution in [1.29, 1.82) is 0 Å². The third-order valence-corrected chi connectivity index (χ3v) is 4.04. The van der Waals surface area contributed by atoms with Gasteiger partial charge < -0.3 is 9.84 Å². The Morgan fingerprint density at radius 3 is 2.83 bits per heavy atom. The molecule has 0 spiro atoms. The molecule has 2 atom stereocenters. The maximum atomic E-state index is 11.8. The predicted molar refractivity (Wildman–Crippen MR) is 69.7 cm³/mol. The van der Waals surface area contributed by atoms with Gasteiger partial charge in [-0.05, 0) is 31.6 Å². The van der Waals surface area contributed by atoms with E-state index < -0.39 is 0 Å². The lowest BCUT2D eigenvalue weighted by Gasteiger charge is -2.30. The van der Waals surface area contributed by atoms with E-state index in [1.165, 1.54) is 19.3 Å². The molecular formula is C13H19ClN2O2. The number of aromatic nitrogens is 1. The monoisotopic (exact) mass is 270 g/mol. The zero-order chi connectivity index (χ0) is 13.0. The van der Waals surface area contributed by atoms with Crippen molar-refractivity contribution < 1.29 is 9.32 Å². The lowest BCUT2D eigenvalue weighted by atomic mass is 9.80. The number of amides is 1. The number of alkyl halides is 1. The lowest BCUT2D eigenvalue weighted by Crippen LogP contribution is -2.34. The smallest absolute Gasteiger partial charge is 0.289 e. The summed E-state index contributed by atoms with van der Waals surface area (Å²) in [6, 6.07) is 1.65. The summed E-state index contributed by atoms with van der Waals surface area (Å²) in [6.45, 7) is 2.47.